The minimum atomic E-state index is -0.268. The van der Waals surface area contributed by atoms with E-state index in [1.165, 1.54) is 0 Å². The molecule has 4 rings (SSSR count). The fourth-order valence-electron chi connectivity index (χ4n) is 3.38. The maximum Gasteiger partial charge on any atom is 0.279 e. The Bertz CT molecular complexity index is 1200. The third-order valence-electron chi connectivity index (χ3n) is 4.73. The Labute approximate surface area is 174 Å². The Morgan fingerprint density at radius 2 is 1.93 bits per heavy atom. The SMILES string of the molecule is CCCOc1ccccc1-c1nc2c(CCC)n(Cc3cccnn3)nc2c(=O)[nH]1. The molecule has 0 aliphatic heterocycles. The minimum Gasteiger partial charge on any atom is -0.493 e. The van der Waals surface area contributed by atoms with E-state index in [0.717, 1.165) is 36.2 Å². The summed E-state index contributed by atoms with van der Waals surface area (Å²) < 4.78 is 7.67. The van der Waals surface area contributed by atoms with Crippen LogP contribution in [0.3, 0.4) is 0 Å². The molecule has 8 heteroatoms. The zero-order chi connectivity index (χ0) is 20.9. The summed E-state index contributed by atoms with van der Waals surface area (Å²) in [6.07, 6.45) is 4.18. The van der Waals surface area contributed by atoms with Gasteiger partial charge in [0.25, 0.3) is 5.56 Å². The van der Waals surface area contributed by atoms with Gasteiger partial charge in [0.05, 0.1) is 30.1 Å². The molecule has 0 saturated carbocycles. The molecule has 1 N–H and O–H groups in total. The maximum absolute atomic E-state index is 12.9. The Morgan fingerprint density at radius 1 is 1.07 bits per heavy atom. The summed E-state index contributed by atoms with van der Waals surface area (Å²) in [5, 5.41) is 12.6. The highest BCUT2D eigenvalue weighted by Gasteiger charge is 2.18. The molecule has 3 aromatic heterocycles. The van der Waals surface area contributed by atoms with E-state index < -0.39 is 0 Å². The largest absolute Gasteiger partial charge is 0.493 e. The number of nitrogens with zero attached hydrogens (tertiary/aromatic N) is 5. The highest BCUT2D eigenvalue weighted by Crippen LogP contribution is 2.28. The lowest BCUT2D eigenvalue weighted by Crippen LogP contribution is -2.10. The van der Waals surface area contributed by atoms with Gasteiger partial charge in [-0.3, -0.25) is 9.48 Å². The van der Waals surface area contributed by atoms with Crippen LogP contribution in [0.15, 0.2) is 47.4 Å². The Morgan fingerprint density at radius 3 is 2.70 bits per heavy atom. The van der Waals surface area contributed by atoms with Crippen LogP contribution in [0.25, 0.3) is 22.4 Å². The summed E-state index contributed by atoms with van der Waals surface area (Å²) in [5.74, 6) is 1.18. The van der Waals surface area contributed by atoms with Gasteiger partial charge in [-0.2, -0.15) is 15.3 Å². The van der Waals surface area contributed by atoms with E-state index in [-0.39, 0.29) is 5.56 Å². The molecule has 154 valence electrons. The number of rotatable bonds is 8. The van der Waals surface area contributed by atoms with Crippen molar-refractivity contribution in [1.82, 2.24) is 29.9 Å². The topological polar surface area (TPSA) is 98.6 Å². The molecular formula is C22H24N6O2. The second kappa shape index (κ2) is 8.86. The average molecular weight is 404 g/mol. The number of benzene rings is 1. The maximum atomic E-state index is 12.9. The van der Waals surface area contributed by atoms with Crippen molar-refractivity contribution in [3.8, 4) is 17.1 Å². The summed E-state index contributed by atoms with van der Waals surface area (Å²) in [4.78, 5) is 20.6. The van der Waals surface area contributed by atoms with E-state index in [0.29, 0.717) is 35.8 Å². The average Bonchev–Trinajstić information content (AvgIpc) is 3.11. The quantitative estimate of drug-likeness (QED) is 0.483. The van der Waals surface area contributed by atoms with E-state index in [1.54, 1.807) is 6.20 Å². The molecule has 0 aliphatic carbocycles. The lowest BCUT2D eigenvalue weighted by Gasteiger charge is -2.10. The molecule has 0 fully saturated rings. The van der Waals surface area contributed by atoms with Gasteiger partial charge in [0.15, 0.2) is 5.52 Å². The summed E-state index contributed by atoms with van der Waals surface area (Å²) in [6.45, 7) is 5.18. The number of aromatic amines is 1. The molecule has 0 radical (unpaired) electrons. The van der Waals surface area contributed by atoms with Crippen molar-refractivity contribution in [2.75, 3.05) is 6.61 Å². The first-order chi connectivity index (χ1) is 14.7. The zero-order valence-electron chi connectivity index (χ0n) is 17.1. The second-order valence-corrected chi connectivity index (χ2v) is 7.03. The van der Waals surface area contributed by atoms with Crippen molar-refractivity contribution in [3.63, 3.8) is 0 Å². The van der Waals surface area contributed by atoms with E-state index in [4.69, 9.17) is 9.72 Å². The zero-order valence-corrected chi connectivity index (χ0v) is 17.1. The van der Waals surface area contributed by atoms with Crippen LogP contribution in [0, 0.1) is 0 Å². The van der Waals surface area contributed by atoms with Gasteiger partial charge < -0.3 is 9.72 Å². The standard InChI is InChI=1S/C22H24N6O2/c1-3-8-17-19-20(27-28(17)14-15-9-7-12-23-26-15)22(29)25-21(24-19)16-10-5-6-11-18(16)30-13-4-2/h5-7,9-12H,3-4,8,13-14H2,1-2H3,(H,24,25,29). The van der Waals surface area contributed by atoms with Crippen LogP contribution in [0.2, 0.25) is 0 Å². The van der Waals surface area contributed by atoms with Gasteiger partial charge >= 0.3 is 0 Å². The van der Waals surface area contributed by atoms with Crippen LogP contribution in [0.1, 0.15) is 38.1 Å². The van der Waals surface area contributed by atoms with Crippen molar-refractivity contribution < 1.29 is 4.74 Å². The Hall–Kier alpha value is -3.55. The fourth-order valence-corrected chi connectivity index (χ4v) is 3.38. The number of H-pyrrole nitrogens is 1. The summed E-state index contributed by atoms with van der Waals surface area (Å²) >= 11 is 0. The van der Waals surface area contributed by atoms with Crippen LogP contribution in [-0.4, -0.2) is 36.6 Å². The van der Waals surface area contributed by atoms with Gasteiger partial charge in [-0.05, 0) is 37.1 Å². The monoisotopic (exact) mass is 404 g/mol. The number of hydrogen-bond donors (Lipinski definition) is 1. The van der Waals surface area contributed by atoms with Crippen molar-refractivity contribution in [1.29, 1.82) is 0 Å². The van der Waals surface area contributed by atoms with Gasteiger partial charge in [0, 0.05) is 6.20 Å². The number of fused-ring (bicyclic) bond motifs is 1. The van der Waals surface area contributed by atoms with Gasteiger partial charge in [0.1, 0.15) is 17.1 Å². The lowest BCUT2D eigenvalue weighted by atomic mass is 10.1. The van der Waals surface area contributed by atoms with E-state index in [9.17, 15) is 4.79 Å². The summed E-state index contributed by atoms with van der Waals surface area (Å²) in [5.41, 5.74) is 3.13. The molecule has 0 bridgehead atoms. The molecular weight excluding hydrogens is 380 g/mol. The fraction of sp³-hybridized carbons (Fsp3) is 0.318. The Kier molecular flexibility index (Phi) is 5.83. The molecule has 30 heavy (non-hydrogen) atoms. The van der Waals surface area contributed by atoms with Crippen molar-refractivity contribution >= 4 is 11.0 Å². The molecule has 0 atom stereocenters. The third-order valence-corrected chi connectivity index (χ3v) is 4.73. The van der Waals surface area contributed by atoms with Crippen LogP contribution >= 0.6 is 0 Å². The van der Waals surface area contributed by atoms with Crippen molar-refractivity contribution in [3.05, 3.63) is 64.3 Å². The number of nitrogens with one attached hydrogen (secondary N) is 1. The van der Waals surface area contributed by atoms with Gasteiger partial charge in [0.2, 0.25) is 0 Å². The summed E-state index contributed by atoms with van der Waals surface area (Å²) in [7, 11) is 0. The van der Waals surface area contributed by atoms with E-state index >= 15 is 0 Å². The molecule has 4 aromatic rings. The number of hydrogen-bond acceptors (Lipinski definition) is 6. The smallest absolute Gasteiger partial charge is 0.279 e. The third kappa shape index (κ3) is 3.94. The molecule has 0 amide bonds. The van der Waals surface area contributed by atoms with E-state index in [1.807, 2.05) is 41.1 Å². The molecule has 8 nitrogen and oxygen atoms in total. The van der Waals surface area contributed by atoms with Gasteiger partial charge in [-0.15, -0.1) is 0 Å². The van der Waals surface area contributed by atoms with Crippen LogP contribution in [0.4, 0.5) is 0 Å². The molecule has 0 unspecified atom stereocenters. The first kappa shape index (κ1) is 19.8. The predicted molar refractivity (Wildman–Crippen MR) is 114 cm³/mol. The Balaban J connectivity index is 1.84. The van der Waals surface area contributed by atoms with Crippen LogP contribution in [-0.2, 0) is 13.0 Å². The van der Waals surface area contributed by atoms with Gasteiger partial charge in [-0.1, -0.05) is 32.4 Å². The van der Waals surface area contributed by atoms with Crippen molar-refractivity contribution in [2.45, 2.75) is 39.7 Å². The van der Waals surface area contributed by atoms with E-state index in [2.05, 4.69) is 34.1 Å². The molecule has 3 heterocycles. The van der Waals surface area contributed by atoms with Crippen LogP contribution in [0.5, 0.6) is 5.75 Å². The van der Waals surface area contributed by atoms with Crippen molar-refractivity contribution in [2.24, 2.45) is 0 Å². The molecule has 0 saturated heterocycles. The highest BCUT2D eigenvalue weighted by atomic mass is 16.5. The number of para-hydroxylation sites is 1. The summed E-state index contributed by atoms with van der Waals surface area (Å²) in [6, 6.07) is 11.3. The number of ether oxygens (including phenoxy) is 1. The second-order valence-electron chi connectivity index (χ2n) is 7.03. The number of aromatic nitrogens is 6. The highest BCUT2D eigenvalue weighted by molar-refractivity contribution is 5.79. The first-order valence-electron chi connectivity index (χ1n) is 10.2. The first-order valence-corrected chi connectivity index (χ1v) is 10.2. The lowest BCUT2D eigenvalue weighted by molar-refractivity contribution is 0.318. The van der Waals surface area contributed by atoms with Gasteiger partial charge in [-0.25, -0.2) is 4.98 Å². The molecule has 0 aliphatic rings. The van der Waals surface area contributed by atoms with Crippen LogP contribution < -0.4 is 10.3 Å². The number of aryl methyl sites for hydroxylation is 1. The normalized spacial score (nSPS) is 11.1. The molecule has 1 aromatic carbocycles. The minimum absolute atomic E-state index is 0.268. The molecule has 0 spiro atoms. The predicted octanol–water partition coefficient (Wildman–Crippen LogP) is 3.37.